The summed E-state index contributed by atoms with van der Waals surface area (Å²) in [5, 5.41) is 3.36. The Bertz CT molecular complexity index is 509. The molecule has 2 rings (SSSR count). The van der Waals surface area contributed by atoms with Gasteiger partial charge >= 0.3 is 0 Å². The third kappa shape index (κ3) is 6.40. The van der Waals surface area contributed by atoms with Crippen molar-refractivity contribution in [2.75, 3.05) is 52.3 Å². The Kier molecular flexibility index (Phi) is 7.37. The van der Waals surface area contributed by atoms with Gasteiger partial charge in [0.25, 0.3) is 0 Å². The fraction of sp³-hybridized carbons (Fsp3) is 0.632. The van der Waals surface area contributed by atoms with Gasteiger partial charge in [-0.2, -0.15) is 0 Å². The summed E-state index contributed by atoms with van der Waals surface area (Å²) < 4.78 is 5.73. The lowest BCUT2D eigenvalue weighted by molar-refractivity contribution is 0.115. The Morgan fingerprint density at radius 2 is 1.92 bits per heavy atom. The van der Waals surface area contributed by atoms with E-state index in [1.807, 2.05) is 0 Å². The molecule has 0 atom stereocenters. The number of anilines is 1. The molecule has 0 amide bonds. The molecule has 0 spiro atoms. The van der Waals surface area contributed by atoms with E-state index in [-0.39, 0.29) is 0 Å². The van der Waals surface area contributed by atoms with E-state index < -0.39 is 0 Å². The summed E-state index contributed by atoms with van der Waals surface area (Å²) >= 11 is 0. The maximum Gasteiger partial charge on any atom is 0.194 e. The van der Waals surface area contributed by atoms with E-state index in [0.29, 0.717) is 6.54 Å². The second-order valence-corrected chi connectivity index (χ2v) is 6.67. The second-order valence-electron chi connectivity index (χ2n) is 6.67. The van der Waals surface area contributed by atoms with E-state index in [2.05, 4.69) is 67.4 Å². The van der Waals surface area contributed by atoms with Crippen LogP contribution in [0.3, 0.4) is 0 Å². The zero-order chi connectivity index (χ0) is 17.4. The molecule has 0 unspecified atom stereocenters. The molecular formula is C19H32N4O. The van der Waals surface area contributed by atoms with Crippen LogP contribution in [0.1, 0.15) is 25.3 Å². The summed E-state index contributed by atoms with van der Waals surface area (Å²) in [6.07, 6.45) is 2.68. The van der Waals surface area contributed by atoms with Crippen molar-refractivity contribution in [3.05, 3.63) is 29.8 Å². The molecule has 1 aliphatic carbocycles. The Hall–Kier alpha value is -1.75. The summed E-state index contributed by atoms with van der Waals surface area (Å²) in [4.78, 5) is 8.99. The van der Waals surface area contributed by atoms with Crippen LogP contribution < -0.4 is 10.2 Å². The Morgan fingerprint density at radius 3 is 2.50 bits per heavy atom. The Morgan fingerprint density at radius 1 is 1.21 bits per heavy atom. The second kappa shape index (κ2) is 9.52. The maximum absolute atomic E-state index is 5.73. The van der Waals surface area contributed by atoms with Gasteiger partial charge in [0, 0.05) is 46.5 Å². The molecule has 1 aromatic carbocycles. The fourth-order valence-corrected chi connectivity index (χ4v) is 2.38. The van der Waals surface area contributed by atoms with Crippen LogP contribution in [0, 0.1) is 5.92 Å². The van der Waals surface area contributed by atoms with E-state index in [1.54, 1.807) is 0 Å². The average Bonchev–Trinajstić information content (AvgIpc) is 3.40. The van der Waals surface area contributed by atoms with Crippen LogP contribution in [0.2, 0.25) is 0 Å². The molecular weight excluding hydrogens is 300 g/mol. The van der Waals surface area contributed by atoms with Gasteiger partial charge in [0.2, 0.25) is 0 Å². The van der Waals surface area contributed by atoms with Gasteiger partial charge in [-0.3, -0.25) is 0 Å². The van der Waals surface area contributed by atoms with Gasteiger partial charge < -0.3 is 19.9 Å². The molecule has 0 radical (unpaired) electrons. The molecule has 0 saturated heterocycles. The van der Waals surface area contributed by atoms with E-state index >= 15 is 0 Å². The minimum atomic E-state index is 0.684. The topological polar surface area (TPSA) is 40.1 Å². The first kappa shape index (κ1) is 18.6. The molecule has 0 aromatic heterocycles. The number of guanidine groups is 1. The van der Waals surface area contributed by atoms with Crippen molar-refractivity contribution in [2.45, 2.75) is 26.3 Å². The van der Waals surface area contributed by atoms with Crippen molar-refractivity contribution in [1.82, 2.24) is 10.2 Å². The number of benzene rings is 1. The molecule has 5 heteroatoms. The third-order valence-electron chi connectivity index (χ3n) is 4.18. The Labute approximate surface area is 146 Å². The molecule has 1 aromatic rings. The molecule has 0 aliphatic heterocycles. The zero-order valence-electron chi connectivity index (χ0n) is 15.6. The van der Waals surface area contributed by atoms with Gasteiger partial charge in [0.15, 0.2) is 5.96 Å². The van der Waals surface area contributed by atoms with Crippen LogP contribution >= 0.6 is 0 Å². The van der Waals surface area contributed by atoms with Crippen LogP contribution in [-0.4, -0.2) is 58.3 Å². The van der Waals surface area contributed by atoms with Crippen LogP contribution in [0.5, 0.6) is 0 Å². The first-order valence-corrected chi connectivity index (χ1v) is 8.93. The van der Waals surface area contributed by atoms with Crippen molar-refractivity contribution in [3.63, 3.8) is 0 Å². The van der Waals surface area contributed by atoms with E-state index in [9.17, 15) is 0 Å². The van der Waals surface area contributed by atoms with Crippen molar-refractivity contribution in [1.29, 1.82) is 0 Å². The van der Waals surface area contributed by atoms with E-state index in [0.717, 1.165) is 38.2 Å². The number of aliphatic imine (C=N–C) groups is 1. The van der Waals surface area contributed by atoms with Crippen molar-refractivity contribution in [2.24, 2.45) is 10.9 Å². The van der Waals surface area contributed by atoms with Crippen molar-refractivity contribution in [3.8, 4) is 0 Å². The number of ether oxygens (including phenoxy) is 1. The lowest BCUT2D eigenvalue weighted by Crippen LogP contribution is -2.40. The van der Waals surface area contributed by atoms with E-state index in [4.69, 9.17) is 9.73 Å². The van der Waals surface area contributed by atoms with Crippen LogP contribution in [0.25, 0.3) is 0 Å². The van der Waals surface area contributed by atoms with Crippen LogP contribution in [0.15, 0.2) is 29.3 Å². The summed E-state index contributed by atoms with van der Waals surface area (Å²) in [6, 6.07) is 8.54. The standard InChI is InChI=1S/C19H32N4O/c1-5-20-19(23(4)12-13-24-15-17-6-7-17)21-14-16-8-10-18(11-9-16)22(2)3/h8-11,17H,5-7,12-15H2,1-4H3,(H,20,21). The molecule has 0 heterocycles. The van der Waals surface area contributed by atoms with Gasteiger partial charge in [-0.1, -0.05) is 12.1 Å². The minimum Gasteiger partial charge on any atom is -0.379 e. The number of hydrogen-bond acceptors (Lipinski definition) is 3. The highest BCUT2D eigenvalue weighted by Gasteiger charge is 2.21. The van der Waals surface area contributed by atoms with Gasteiger partial charge in [0.05, 0.1) is 13.2 Å². The van der Waals surface area contributed by atoms with Crippen LogP contribution in [-0.2, 0) is 11.3 Å². The van der Waals surface area contributed by atoms with E-state index in [1.165, 1.54) is 24.1 Å². The predicted octanol–water partition coefficient (Wildman–Crippen LogP) is 2.58. The maximum atomic E-state index is 5.73. The highest BCUT2D eigenvalue weighted by molar-refractivity contribution is 5.79. The Balaban J connectivity index is 1.83. The lowest BCUT2D eigenvalue weighted by atomic mass is 10.2. The molecule has 1 fully saturated rings. The number of hydrogen-bond donors (Lipinski definition) is 1. The average molecular weight is 332 g/mol. The summed E-state index contributed by atoms with van der Waals surface area (Å²) in [6.45, 7) is 6.18. The largest absolute Gasteiger partial charge is 0.379 e. The monoisotopic (exact) mass is 332 g/mol. The molecule has 1 aliphatic rings. The molecule has 134 valence electrons. The highest BCUT2D eigenvalue weighted by atomic mass is 16.5. The smallest absolute Gasteiger partial charge is 0.194 e. The highest BCUT2D eigenvalue weighted by Crippen LogP contribution is 2.28. The molecule has 1 N–H and O–H groups in total. The van der Waals surface area contributed by atoms with Gasteiger partial charge in [0.1, 0.15) is 0 Å². The number of nitrogens with one attached hydrogen (secondary N) is 1. The number of likely N-dealkylation sites (N-methyl/N-ethyl adjacent to an activating group) is 1. The molecule has 24 heavy (non-hydrogen) atoms. The summed E-state index contributed by atoms with van der Waals surface area (Å²) in [7, 11) is 6.17. The third-order valence-corrected chi connectivity index (χ3v) is 4.18. The first-order valence-electron chi connectivity index (χ1n) is 8.93. The molecule has 0 bridgehead atoms. The van der Waals surface area contributed by atoms with Gasteiger partial charge in [-0.25, -0.2) is 4.99 Å². The van der Waals surface area contributed by atoms with Crippen molar-refractivity contribution >= 4 is 11.6 Å². The summed E-state index contributed by atoms with van der Waals surface area (Å²) in [5.41, 5.74) is 2.42. The van der Waals surface area contributed by atoms with Crippen molar-refractivity contribution < 1.29 is 4.74 Å². The minimum absolute atomic E-state index is 0.684. The fourth-order valence-electron chi connectivity index (χ4n) is 2.38. The SMILES string of the molecule is CCNC(=NCc1ccc(N(C)C)cc1)N(C)CCOCC1CC1. The number of nitrogens with zero attached hydrogens (tertiary/aromatic N) is 3. The predicted molar refractivity (Wildman–Crippen MR) is 102 cm³/mol. The number of rotatable bonds is 9. The van der Waals surface area contributed by atoms with Gasteiger partial charge in [-0.15, -0.1) is 0 Å². The zero-order valence-corrected chi connectivity index (χ0v) is 15.6. The molecule has 1 saturated carbocycles. The summed E-state index contributed by atoms with van der Waals surface area (Å²) in [5.74, 6) is 1.76. The normalized spacial score (nSPS) is 14.6. The van der Waals surface area contributed by atoms with Gasteiger partial charge in [-0.05, 0) is 43.4 Å². The van der Waals surface area contributed by atoms with Crippen LogP contribution in [0.4, 0.5) is 5.69 Å². The lowest BCUT2D eigenvalue weighted by Gasteiger charge is -2.22. The first-order chi connectivity index (χ1) is 11.6. The quantitative estimate of drug-likeness (QED) is 0.429. The molecule has 5 nitrogen and oxygen atoms in total.